The first-order chi connectivity index (χ1) is 11.7. The molecule has 2 aromatic rings. The molecule has 0 N–H and O–H groups in total. The predicted molar refractivity (Wildman–Crippen MR) is 89.4 cm³/mol. The molecular formula is C20H20F2O2. The molecule has 1 aliphatic rings. The highest BCUT2D eigenvalue weighted by atomic mass is 19.2. The molecule has 126 valence electrons. The first kappa shape index (κ1) is 16.8. The van der Waals surface area contributed by atoms with E-state index in [0.717, 1.165) is 23.6 Å². The van der Waals surface area contributed by atoms with E-state index in [-0.39, 0.29) is 6.29 Å². The Labute approximate surface area is 140 Å². The lowest BCUT2D eigenvalue weighted by atomic mass is 10.0. The lowest BCUT2D eigenvalue weighted by Crippen LogP contribution is -2.25. The highest BCUT2D eigenvalue weighted by Gasteiger charge is 2.21. The van der Waals surface area contributed by atoms with Crippen molar-refractivity contribution in [1.82, 2.24) is 0 Å². The first-order valence-electron chi connectivity index (χ1n) is 8.12. The quantitative estimate of drug-likeness (QED) is 0.712. The van der Waals surface area contributed by atoms with E-state index in [4.69, 9.17) is 9.47 Å². The van der Waals surface area contributed by atoms with Gasteiger partial charge in [0.1, 0.15) is 0 Å². The molecule has 2 nitrogen and oxygen atoms in total. The van der Waals surface area contributed by atoms with Gasteiger partial charge in [0.15, 0.2) is 17.9 Å². The van der Waals surface area contributed by atoms with Gasteiger partial charge in [-0.3, -0.25) is 0 Å². The molecular weight excluding hydrogens is 310 g/mol. The number of hydrogen-bond acceptors (Lipinski definition) is 2. The summed E-state index contributed by atoms with van der Waals surface area (Å²) in [6.07, 6.45) is 4.87. The third kappa shape index (κ3) is 3.89. The Balaban J connectivity index is 1.67. The molecule has 0 bridgehead atoms. The van der Waals surface area contributed by atoms with E-state index >= 15 is 0 Å². The molecule has 3 rings (SSSR count). The topological polar surface area (TPSA) is 18.5 Å². The molecule has 2 aromatic carbocycles. The molecule has 1 aliphatic heterocycles. The summed E-state index contributed by atoms with van der Waals surface area (Å²) in [5.41, 5.74) is 2.37. The van der Waals surface area contributed by atoms with Crippen molar-refractivity contribution in [3.8, 4) is 11.1 Å². The van der Waals surface area contributed by atoms with Gasteiger partial charge in [0, 0.05) is 11.5 Å². The summed E-state index contributed by atoms with van der Waals surface area (Å²) in [6.45, 7) is 3.36. The van der Waals surface area contributed by atoms with Gasteiger partial charge in [-0.05, 0) is 29.7 Å². The Morgan fingerprint density at radius 1 is 0.958 bits per heavy atom. The number of hydrogen-bond donors (Lipinski definition) is 0. The van der Waals surface area contributed by atoms with Crippen LogP contribution in [0.4, 0.5) is 8.78 Å². The molecule has 0 atom stereocenters. The average Bonchev–Trinajstić information content (AvgIpc) is 2.63. The Morgan fingerprint density at radius 3 is 2.25 bits per heavy atom. The molecule has 0 spiro atoms. The lowest BCUT2D eigenvalue weighted by molar-refractivity contribution is -0.197. The van der Waals surface area contributed by atoms with Gasteiger partial charge in [-0.25, -0.2) is 8.78 Å². The van der Waals surface area contributed by atoms with E-state index in [2.05, 4.69) is 19.1 Å². The van der Waals surface area contributed by atoms with E-state index in [1.807, 2.05) is 24.3 Å². The van der Waals surface area contributed by atoms with Crippen LogP contribution in [0.15, 0.2) is 54.6 Å². The maximum Gasteiger partial charge on any atom is 0.183 e. The van der Waals surface area contributed by atoms with Crippen molar-refractivity contribution in [3.63, 3.8) is 0 Å². The van der Waals surface area contributed by atoms with Crippen molar-refractivity contribution < 1.29 is 18.3 Å². The van der Waals surface area contributed by atoms with Crippen LogP contribution < -0.4 is 0 Å². The van der Waals surface area contributed by atoms with Crippen LogP contribution in [0.25, 0.3) is 11.1 Å². The highest BCUT2D eigenvalue weighted by Crippen LogP contribution is 2.28. The Kier molecular flexibility index (Phi) is 5.38. The van der Waals surface area contributed by atoms with Crippen molar-refractivity contribution in [1.29, 1.82) is 0 Å². The van der Waals surface area contributed by atoms with Crippen molar-refractivity contribution >= 4 is 0 Å². The van der Waals surface area contributed by atoms with E-state index < -0.39 is 11.6 Å². The molecule has 0 aromatic heterocycles. The first-order valence-corrected chi connectivity index (χ1v) is 8.12. The summed E-state index contributed by atoms with van der Waals surface area (Å²) in [5, 5.41) is 0. The van der Waals surface area contributed by atoms with Crippen LogP contribution in [-0.2, 0) is 9.47 Å². The fourth-order valence-corrected chi connectivity index (χ4v) is 2.66. The van der Waals surface area contributed by atoms with E-state index in [9.17, 15) is 8.78 Å². The van der Waals surface area contributed by atoms with Crippen molar-refractivity contribution in [2.24, 2.45) is 5.92 Å². The van der Waals surface area contributed by atoms with Gasteiger partial charge < -0.3 is 9.47 Å². The van der Waals surface area contributed by atoms with Crippen LogP contribution in [0, 0.1) is 17.6 Å². The van der Waals surface area contributed by atoms with Crippen molar-refractivity contribution in [2.75, 3.05) is 13.2 Å². The Hall–Kier alpha value is -2.04. The maximum atomic E-state index is 13.3. The zero-order valence-corrected chi connectivity index (χ0v) is 13.5. The largest absolute Gasteiger partial charge is 0.348 e. The SMILES string of the molecule is CC/C=C/C1COC(c2ccc(-c3ccc(F)c(F)c3)cc2)OC1. The maximum absolute atomic E-state index is 13.3. The molecule has 1 fully saturated rings. The lowest BCUT2D eigenvalue weighted by Gasteiger charge is -2.28. The van der Waals surface area contributed by atoms with Crippen molar-refractivity contribution in [2.45, 2.75) is 19.6 Å². The third-order valence-electron chi connectivity index (χ3n) is 4.00. The van der Waals surface area contributed by atoms with E-state index in [1.54, 1.807) is 6.07 Å². The highest BCUT2D eigenvalue weighted by molar-refractivity contribution is 5.63. The van der Waals surface area contributed by atoms with Gasteiger partial charge in [-0.1, -0.05) is 49.4 Å². The van der Waals surface area contributed by atoms with Crippen LogP contribution in [0.5, 0.6) is 0 Å². The van der Waals surface area contributed by atoms with Crippen LogP contribution in [0.2, 0.25) is 0 Å². The van der Waals surface area contributed by atoms with Gasteiger partial charge in [0.2, 0.25) is 0 Å². The van der Waals surface area contributed by atoms with Gasteiger partial charge in [-0.15, -0.1) is 0 Å². The van der Waals surface area contributed by atoms with Gasteiger partial charge in [0.25, 0.3) is 0 Å². The second-order valence-corrected chi connectivity index (χ2v) is 5.85. The Bertz CT molecular complexity index is 702. The standard InChI is InChI=1S/C20H20F2O2/c1-2-3-4-14-12-23-20(24-13-14)16-7-5-15(6-8-16)17-9-10-18(21)19(22)11-17/h3-11,14,20H,2,12-13H2,1H3/b4-3+. The summed E-state index contributed by atoms with van der Waals surface area (Å²) < 4.78 is 37.9. The number of benzene rings is 2. The molecule has 0 saturated carbocycles. The predicted octanol–water partition coefficient (Wildman–Crippen LogP) is 5.26. The second-order valence-electron chi connectivity index (χ2n) is 5.85. The molecule has 1 saturated heterocycles. The summed E-state index contributed by atoms with van der Waals surface area (Å²) >= 11 is 0. The van der Waals surface area contributed by atoms with Crippen LogP contribution in [0.1, 0.15) is 25.2 Å². The molecule has 4 heteroatoms. The van der Waals surface area contributed by atoms with Gasteiger partial charge in [0.05, 0.1) is 13.2 Å². The minimum atomic E-state index is -0.846. The van der Waals surface area contributed by atoms with Gasteiger partial charge >= 0.3 is 0 Å². The zero-order chi connectivity index (χ0) is 16.9. The molecule has 0 unspecified atom stereocenters. The minimum absolute atomic E-state index is 0.294. The summed E-state index contributed by atoms with van der Waals surface area (Å²) in [7, 11) is 0. The molecule has 0 radical (unpaired) electrons. The van der Waals surface area contributed by atoms with E-state index in [0.29, 0.717) is 24.7 Å². The van der Waals surface area contributed by atoms with Gasteiger partial charge in [-0.2, -0.15) is 0 Å². The fourth-order valence-electron chi connectivity index (χ4n) is 2.66. The van der Waals surface area contributed by atoms with Crippen LogP contribution in [-0.4, -0.2) is 13.2 Å². The normalized spacial score (nSPS) is 21.3. The Morgan fingerprint density at radius 2 is 1.62 bits per heavy atom. The minimum Gasteiger partial charge on any atom is -0.348 e. The summed E-state index contributed by atoms with van der Waals surface area (Å²) in [6, 6.07) is 11.4. The third-order valence-corrected chi connectivity index (χ3v) is 4.00. The molecule has 1 heterocycles. The monoisotopic (exact) mass is 330 g/mol. The molecule has 0 aliphatic carbocycles. The number of ether oxygens (including phenoxy) is 2. The summed E-state index contributed by atoms with van der Waals surface area (Å²) in [4.78, 5) is 0. The molecule has 0 amide bonds. The second kappa shape index (κ2) is 7.69. The molecule has 24 heavy (non-hydrogen) atoms. The average molecular weight is 330 g/mol. The van der Waals surface area contributed by atoms with Crippen molar-refractivity contribution in [3.05, 3.63) is 71.8 Å². The van der Waals surface area contributed by atoms with Crippen LogP contribution >= 0.6 is 0 Å². The zero-order valence-electron chi connectivity index (χ0n) is 13.5. The fraction of sp³-hybridized carbons (Fsp3) is 0.300. The number of rotatable bonds is 4. The summed E-state index contributed by atoms with van der Waals surface area (Å²) in [5.74, 6) is -1.39. The van der Waals surface area contributed by atoms with Crippen LogP contribution in [0.3, 0.4) is 0 Å². The number of halogens is 2. The number of allylic oxidation sites excluding steroid dienone is 1. The smallest absolute Gasteiger partial charge is 0.183 e. The van der Waals surface area contributed by atoms with E-state index in [1.165, 1.54) is 6.07 Å².